The van der Waals surface area contributed by atoms with Crippen LogP contribution in [0, 0.1) is 5.82 Å². The Morgan fingerprint density at radius 2 is 1.93 bits per heavy atom. The van der Waals surface area contributed by atoms with Gasteiger partial charge in [-0.3, -0.25) is 4.90 Å². The summed E-state index contributed by atoms with van der Waals surface area (Å²) in [7, 11) is -1.28. The van der Waals surface area contributed by atoms with Gasteiger partial charge in [-0.25, -0.2) is 27.8 Å². The summed E-state index contributed by atoms with van der Waals surface area (Å²) in [6, 6.07) is 17.1. The van der Waals surface area contributed by atoms with Crippen LogP contribution >= 0.6 is 22.9 Å². The average molecular weight is 626 g/mol. The van der Waals surface area contributed by atoms with Gasteiger partial charge in [-0.2, -0.15) is 0 Å². The summed E-state index contributed by atoms with van der Waals surface area (Å²) in [5.74, 6) is 0.764. The number of ether oxygens (including phenoxy) is 1. The van der Waals surface area contributed by atoms with Crippen molar-refractivity contribution in [3.63, 3.8) is 0 Å². The van der Waals surface area contributed by atoms with E-state index in [9.17, 15) is 12.8 Å². The van der Waals surface area contributed by atoms with Crippen molar-refractivity contribution in [2.45, 2.75) is 19.6 Å². The van der Waals surface area contributed by atoms with Crippen LogP contribution < -0.4 is 10.1 Å². The molecule has 8 nitrogen and oxygen atoms in total. The zero-order valence-corrected chi connectivity index (χ0v) is 25.6. The molecule has 0 amide bonds. The molecule has 0 saturated carbocycles. The van der Waals surface area contributed by atoms with Crippen LogP contribution in [0.15, 0.2) is 73.2 Å². The molecular formula is C30H29ClFN5O3S2. The fourth-order valence-electron chi connectivity index (χ4n) is 4.42. The van der Waals surface area contributed by atoms with Crippen molar-refractivity contribution in [3.05, 3.63) is 94.5 Å². The molecule has 1 N–H and O–H groups in total. The standard InChI is InChI=1S/C30H29ClFN5O3S2/c1-4-37(2)26(17-42(3,38)39)28-15-33-30(41-28)20-8-10-25-23(13-20)29(35-18-34-25)36-22-9-11-27(24(31)14-22)40-16-19-6-5-7-21(32)12-19/h5-15,18,26H,4,16-17H2,1-3H3,(H,34,35,36). The maximum atomic E-state index is 13.5. The van der Waals surface area contributed by atoms with Crippen LogP contribution in [-0.4, -0.2) is 53.9 Å². The lowest BCUT2D eigenvalue weighted by Crippen LogP contribution is -2.29. The summed E-state index contributed by atoms with van der Waals surface area (Å²) >= 11 is 7.97. The number of benzene rings is 3. The SMILES string of the molecule is CCN(C)C(CS(C)(=O)=O)c1cnc(-c2ccc3ncnc(Nc4ccc(OCc5cccc(F)c5)c(Cl)c4)c3c2)s1. The fourth-order valence-corrected chi connectivity index (χ4v) is 6.84. The number of hydrogen-bond acceptors (Lipinski definition) is 9. The largest absolute Gasteiger partial charge is 0.487 e. The molecule has 0 aliphatic carbocycles. The highest BCUT2D eigenvalue weighted by molar-refractivity contribution is 7.90. The van der Waals surface area contributed by atoms with Gasteiger partial charge in [0.1, 0.15) is 45.2 Å². The lowest BCUT2D eigenvalue weighted by Gasteiger charge is -2.24. The minimum absolute atomic E-state index is 0.0236. The average Bonchev–Trinajstić information content (AvgIpc) is 3.45. The van der Waals surface area contributed by atoms with E-state index >= 15 is 0 Å². The second kappa shape index (κ2) is 12.7. The second-order valence-corrected chi connectivity index (χ2v) is 13.5. The molecule has 0 fully saturated rings. The van der Waals surface area contributed by atoms with E-state index in [1.54, 1.807) is 30.5 Å². The highest BCUT2D eigenvalue weighted by Gasteiger charge is 2.24. The van der Waals surface area contributed by atoms with Crippen LogP contribution in [0.25, 0.3) is 21.5 Å². The van der Waals surface area contributed by atoms with Crippen molar-refractivity contribution >= 4 is 55.2 Å². The Morgan fingerprint density at radius 3 is 2.67 bits per heavy atom. The van der Waals surface area contributed by atoms with Crippen LogP contribution in [0.4, 0.5) is 15.9 Å². The number of thiazole rings is 1. The minimum atomic E-state index is -3.19. The Hall–Kier alpha value is -3.64. The molecule has 3 aromatic carbocycles. The van der Waals surface area contributed by atoms with Gasteiger partial charge in [0.25, 0.3) is 0 Å². The monoisotopic (exact) mass is 625 g/mol. The summed E-state index contributed by atoms with van der Waals surface area (Å²) in [6.07, 6.45) is 4.50. The molecule has 12 heteroatoms. The normalized spacial score (nSPS) is 12.5. The molecule has 2 aromatic heterocycles. The van der Waals surface area contributed by atoms with E-state index in [1.165, 1.54) is 36.1 Å². The van der Waals surface area contributed by atoms with E-state index in [-0.39, 0.29) is 24.2 Å². The third-order valence-corrected chi connectivity index (χ3v) is 9.07. The van der Waals surface area contributed by atoms with Gasteiger partial charge in [0.15, 0.2) is 0 Å². The van der Waals surface area contributed by atoms with Gasteiger partial charge in [-0.05, 0) is 67.7 Å². The molecule has 1 unspecified atom stereocenters. The van der Waals surface area contributed by atoms with Gasteiger partial charge >= 0.3 is 0 Å². The maximum absolute atomic E-state index is 13.5. The molecular weight excluding hydrogens is 597 g/mol. The van der Waals surface area contributed by atoms with Crippen molar-refractivity contribution in [2.24, 2.45) is 0 Å². The summed E-state index contributed by atoms with van der Waals surface area (Å²) in [6.45, 7) is 2.89. The first-order valence-electron chi connectivity index (χ1n) is 13.1. The van der Waals surface area contributed by atoms with Gasteiger partial charge < -0.3 is 10.1 Å². The van der Waals surface area contributed by atoms with Crippen LogP contribution in [0.2, 0.25) is 5.02 Å². The number of hydrogen-bond donors (Lipinski definition) is 1. The third-order valence-electron chi connectivity index (χ3n) is 6.70. The van der Waals surface area contributed by atoms with Crippen molar-refractivity contribution in [3.8, 4) is 16.3 Å². The first-order valence-corrected chi connectivity index (χ1v) is 16.4. The third kappa shape index (κ3) is 7.22. The van der Waals surface area contributed by atoms with E-state index < -0.39 is 9.84 Å². The summed E-state index contributed by atoms with van der Waals surface area (Å²) in [4.78, 5) is 16.4. The van der Waals surface area contributed by atoms with E-state index in [1.807, 2.05) is 43.1 Å². The fraction of sp³-hybridized carbons (Fsp3) is 0.233. The predicted molar refractivity (Wildman–Crippen MR) is 167 cm³/mol. The molecule has 5 aromatic rings. The quantitative estimate of drug-likeness (QED) is 0.169. The lowest BCUT2D eigenvalue weighted by atomic mass is 10.1. The summed E-state index contributed by atoms with van der Waals surface area (Å²) in [5.41, 5.74) is 3.02. The minimum Gasteiger partial charge on any atom is -0.487 e. The molecule has 0 aliphatic heterocycles. The number of fused-ring (bicyclic) bond motifs is 1. The van der Waals surface area contributed by atoms with E-state index in [4.69, 9.17) is 16.3 Å². The Morgan fingerprint density at radius 1 is 1.10 bits per heavy atom. The molecule has 2 heterocycles. The zero-order chi connectivity index (χ0) is 29.9. The maximum Gasteiger partial charge on any atom is 0.149 e. The number of rotatable bonds is 11. The summed E-state index contributed by atoms with van der Waals surface area (Å²) < 4.78 is 43.5. The number of halogens is 2. The zero-order valence-electron chi connectivity index (χ0n) is 23.2. The van der Waals surface area contributed by atoms with Crippen LogP contribution in [0.5, 0.6) is 5.75 Å². The number of nitrogens with zero attached hydrogens (tertiary/aromatic N) is 4. The highest BCUT2D eigenvalue weighted by Crippen LogP contribution is 2.35. The molecule has 42 heavy (non-hydrogen) atoms. The lowest BCUT2D eigenvalue weighted by molar-refractivity contribution is 0.281. The van der Waals surface area contributed by atoms with Gasteiger partial charge in [0, 0.05) is 34.0 Å². The topological polar surface area (TPSA) is 97.3 Å². The van der Waals surface area contributed by atoms with Crippen molar-refractivity contribution in [1.29, 1.82) is 0 Å². The second-order valence-electron chi connectivity index (χ2n) is 9.89. The van der Waals surface area contributed by atoms with Crippen molar-refractivity contribution in [1.82, 2.24) is 19.9 Å². The van der Waals surface area contributed by atoms with Crippen molar-refractivity contribution < 1.29 is 17.5 Å². The van der Waals surface area contributed by atoms with Crippen LogP contribution in [0.1, 0.15) is 23.4 Å². The Kier molecular flexibility index (Phi) is 9.02. The molecule has 0 spiro atoms. The Balaban J connectivity index is 1.38. The smallest absolute Gasteiger partial charge is 0.149 e. The summed E-state index contributed by atoms with van der Waals surface area (Å²) in [5, 5.41) is 5.27. The van der Waals surface area contributed by atoms with Gasteiger partial charge in [0.05, 0.1) is 22.3 Å². The molecule has 1 atom stereocenters. The van der Waals surface area contributed by atoms with E-state index in [0.29, 0.717) is 34.4 Å². The number of nitrogens with one attached hydrogen (secondary N) is 1. The predicted octanol–water partition coefficient (Wildman–Crippen LogP) is 6.91. The molecule has 0 radical (unpaired) electrons. The Bertz CT molecular complexity index is 1830. The van der Waals surface area contributed by atoms with Gasteiger partial charge in [-0.15, -0.1) is 11.3 Å². The first-order chi connectivity index (χ1) is 20.1. The highest BCUT2D eigenvalue weighted by atomic mass is 35.5. The van der Waals surface area contributed by atoms with Crippen molar-refractivity contribution in [2.75, 3.05) is 30.9 Å². The molecule has 218 valence electrons. The number of sulfone groups is 1. The van der Waals surface area contributed by atoms with Crippen LogP contribution in [-0.2, 0) is 16.4 Å². The van der Waals surface area contributed by atoms with Crippen LogP contribution in [0.3, 0.4) is 0 Å². The molecule has 0 bridgehead atoms. The van der Waals surface area contributed by atoms with Gasteiger partial charge in [0.2, 0.25) is 0 Å². The van der Waals surface area contributed by atoms with E-state index in [2.05, 4.69) is 20.3 Å². The van der Waals surface area contributed by atoms with Gasteiger partial charge in [-0.1, -0.05) is 30.7 Å². The molecule has 5 rings (SSSR count). The Labute approximate surface area is 253 Å². The van der Waals surface area contributed by atoms with E-state index in [0.717, 1.165) is 26.4 Å². The first kappa shape index (κ1) is 29.8. The number of anilines is 2. The molecule has 0 saturated heterocycles. The molecule has 0 aliphatic rings. The number of aromatic nitrogens is 3.